The van der Waals surface area contributed by atoms with Gasteiger partial charge in [0.05, 0.1) is 25.2 Å². The zero-order valence-corrected chi connectivity index (χ0v) is 21.2. The van der Waals surface area contributed by atoms with Crippen LogP contribution in [0.1, 0.15) is 18.3 Å². The Morgan fingerprint density at radius 2 is 1.67 bits per heavy atom. The van der Waals surface area contributed by atoms with Gasteiger partial charge >= 0.3 is 0 Å². The second-order valence-electron chi connectivity index (χ2n) is 7.80. The van der Waals surface area contributed by atoms with Gasteiger partial charge in [0.1, 0.15) is 23.9 Å². The van der Waals surface area contributed by atoms with Crippen LogP contribution in [0.4, 0.5) is 5.69 Å². The zero-order valence-electron chi connectivity index (χ0n) is 20.4. The van der Waals surface area contributed by atoms with Gasteiger partial charge in [-0.15, -0.1) is 10.2 Å². The molecule has 1 aromatic heterocycles. The summed E-state index contributed by atoms with van der Waals surface area (Å²) in [5.74, 6) is 2.71. The van der Waals surface area contributed by atoms with Crippen molar-refractivity contribution in [3.05, 3.63) is 84.2 Å². The average molecular weight is 505 g/mol. The first-order valence-electron chi connectivity index (χ1n) is 11.5. The number of para-hydroxylation sites is 2. The van der Waals surface area contributed by atoms with Gasteiger partial charge in [0.15, 0.2) is 11.0 Å². The lowest BCUT2D eigenvalue weighted by Gasteiger charge is -2.13. The maximum absolute atomic E-state index is 12.7. The summed E-state index contributed by atoms with van der Waals surface area (Å²) >= 11 is 1.29. The van der Waals surface area contributed by atoms with E-state index in [1.807, 2.05) is 91.2 Å². The Hall–Kier alpha value is -3.98. The van der Waals surface area contributed by atoms with Crippen molar-refractivity contribution >= 4 is 23.4 Å². The molecule has 4 aromatic rings. The van der Waals surface area contributed by atoms with Gasteiger partial charge in [-0.2, -0.15) is 0 Å². The lowest BCUT2D eigenvalue weighted by atomic mass is 10.2. The molecule has 0 fully saturated rings. The van der Waals surface area contributed by atoms with Gasteiger partial charge in [-0.25, -0.2) is 0 Å². The van der Waals surface area contributed by atoms with Gasteiger partial charge in [-0.05, 0) is 62.4 Å². The third-order valence-electron chi connectivity index (χ3n) is 5.21. The molecule has 0 atom stereocenters. The molecule has 1 amide bonds. The smallest absolute Gasteiger partial charge is 0.234 e. The number of thioether (sulfide) groups is 1. The van der Waals surface area contributed by atoms with Crippen LogP contribution in [0.2, 0.25) is 0 Å². The minimum atomic E-state index is -0.172. The largest absolute Gasteiger partial charge is 0.497 e. The number of carbonyl (C=O) groups is 1. The second-order valence-corrected chi connectivity index (χ2v) is 8.74. The Bertz CT molecular complexity index is 1290. The fraction of sp³-hybridized carbons (Fsp3) is 0.222. The third-order valence-corrected chi connectivity index (χ3v) is 6.14. The minimum Gasteiger partial charge on any atom is -0.497 e. The van der Waals surface area contributed by atoms with E-state index in [0.717, 1.165) is 22.7 Å². The van der Waals surface area contributed by atoms with Gasteiger partial charge in [0.25, 0.3) is 0 Å². The van der Waals surface area contributed by atoms with Crippen LogP contribution in [0.5, 0.6) is 17.2 Å². The van der Waals surface area contributed by atoms with Crippen LogP contribution < -0.4 is 19.5 Å². The number of hydrogen-bond donors (Lipinski definition) is 1. The van der Waals surface area contributed by atoms with Crippen LogP contribution in [0, 0.1) is 6.92 Å². The van der Waals surface area contributed by atoms with E-state index in [-0.39, 0.29) is 18.3 Å². The number of anilines is 1. The molecule has 186 valence electrons. The van der Waals surface area contributed by atoms with Gasteiger partial charge in [-0.3, -0.25) is 9.36 Å². The number of carbonyl (C=O) groups excluding carboxylic acids is 1. The standard InChI is InChI=1S/C27H28N4O4S/c1-4-34-24-8-6-5-7-23(24)28-26(32)18-36-27-30-29-25(17-35-22-13-9-19(2)10-14-22)31(27)20-11-15-21(33-3)16-12-20/h5-16H,4,17-18H2,1-3H3,(H,28,32). The molecule has 0 unspecified atom stereocenters. The summed E-state index contributed by atoms with van der Waals surface area (Å²) < 4.78 is 18.7. The summed E-state index contributed by atoms with van der Waals surface area (Å²) in [6, 6.07) is 22.8. The normalized spacial score (nSPS) is 10.6. The van der Waals surface area contributed by atoms with Crippen molar-refractivity contribution in [2.45, 2.75) is 25.6 Å². The van der Waals surface area contributed by atoms with E-state index in [9.17, 15) is 4.79 Å². The molecule has 0 radical (unpaired) electrons. The fourth-order valence-corrected chi connectivity index (χ4v) is 4.20. The molecule has 0 aliphatic carbocycles. The second kappa shape index (κ2) is 12.1. The summed E-state index contributed by atoms with van der Waals surface area (Å²) in [5.41, 5.74) is 2.63. The van der Waals surface area contributed by atoms with Crippen molar-refractivity contribution in [2.75, 3.05) is 24.8 Å². The molecule has 9 heteroatoms. The molecule has 0 aliphatic heterocycles. The van der Waals surface area contributed by atoms with E-state index in [4.69, 9.17) is 14.2 Å². The van der Waals surface area contributed by atoms with Gasteiger partial charge < -0.3 is 19.5 Å². The van der Waals surface area contributed by atoms with Crippen molar-refractivity contribution in [3.8, 4) is 22.9 Å². The van der Waals surface area contributed by atoms with Crippen LogP contribution in [0.25, 0.3) is 5.69 Å². The molecular formula is C27H28N4O4S. The number of aryl methyl sites for hydroxylation is 1. The monoisotopic (exact) mass is 504 g/mol. The number of nitrogens with zero attached hydrogens (tertiary/aromatic N) is 3. The number of aromatic nitrogens is 3. The Balaban J connectivity index is 1.51. The maximum Gasteiger partial charge on any atom is 0.234 e. The van der Waals surface area contributed by atoms with Crippen molar-refractivity contribution in [1.82, 2.24) is 14.8 Å². The molecule has 36 heavy (non-hydrogen) atoms. The number of amides is 1. The molecular weight excluding hydrogens is 476 g/mol. The van der Waals surface area contributed by atoms with Gasteiger partial charge in [0, 0.05) is 5.69 Å². The van der Waals surface area contributed by atoms with Crippen molar-refractivity contribution in [2.24, 2.45) is 0 Å². The van der Waals surface area contributed by atoms with Crippen LogP contribution in [0.3, 0.4) is 0 Å². The molecule has 4 rings (SSSR count). The zero-order chi connectivity index (χ0) is 25.3. The van der Waals surface area contributed by atoms with E-state index >= 15 is 0 Å². The van der Waals surface area contributed by atoms with Crippen LogP contribution >= 0.6 is 11.8 Å². The van der Waals surface area contributed by atoms with Gasteiger partial charge in [0.2, 0.25) is 5.91 Å². The highest BCUT2D eigenvalue weighted by Crippen LogP contribution is 2.27. The number of benzene rings is 3. The third kappa shape index (κ3) is 6.37. The first-order valence-corrected chi connectivity index (χ1v) is 12.5. The first kappa shape index (κ1) is 25.1. The molecule has 0 saturated carbocycles. The number of hydrogen-bond acceptors (Lipinski definition) is 7. The summed E-state index contributed by atoms with van der Waals surface area (Å²) in [6.07, 6.45) is 0. The molecule has 0 aliphatic rings. The fourth-order valence-electron chi connectivity index (χ4n) is 3.43. The summed E-state index contributed by atoms with van der Waals surface area (Å²) in [7, 11) is 1.62. The maximum atomic E-state index is 12.7. The number of ether oxygens (including phenoxy) is 3. The quantitative estimate of drug-likeness (QED) is 0.278. The highest BCUT2D eigenvalue weighted by atomic mass is 32.2. The molecule has 1 heterocycles. The SMILES string of the molecule is CCOc1ccccc1NC(=O)CSc1nnc(COc2ccc(C)cc2)n1-c1ccc(OC)cc1. The highest BCUT2D eigenvalue weighted by Gasteiger charge is 2.17. The number of methoxy groups -OCH3 is 1. The van der Waals surface area contributed by atoms with Crippen LogP contribution in [-0.4, -0.2) is 40.1 Å². The molecule has 0 spiro atoms. The summed E-state index contributed by atoms with van der Waals surface area (Å²) in [5, 5.41) is 12.2. The Kier molecular flexibility index (Phi) is 8.46. The predicted molar refractivity (Wildman–Crippen MR) is 140 cm³/mol. The first-order chi connectivity index (χ1) is 17.6. The topological polar surface area (TPSA) is 87.5 Å². The minimum absolute atomic E-state index is 0.146. The lowest BCUT2D eigenvalue weighted by molar-refractivity contribution is -0.113. The predicted octanol–water partition coefficient (Wildman–Crippen LogP) is 5.29. The van der Waals surface area contributed by atoms with E-state index < -0.39 is 0 Å². The van der Waals surface area contributed by atoms with E-state index in [1.165, 1.54) is 11.8 Å². The number of rotatable bonds is 11. The van der Waals surface area contributed by atoms with Crippen molar-refractivity contribution in [3.63, 3.8) is 0 Å². The van der Waals surface area contributed by atoms with Gasteiger partial charge in [-0.1, -0.05) is 41.6 Å². The van der Waals surface area contributed by atoms with Crippen LogP contribution in [-0.2, 0) is 11.4 Å². The molecule has 1 N–H and O–H groups in total. The molecule has 0 saturated heterocycles. The molecule has 3 aromatic carbocycles. The van der Waals surface area contributed by atoms with Crippen molar-refractivity contribution < 1.29 is 19.0 Å². The Labute approximate surface area is 214 Å². The summed E-state index contributed by atoms with van der Waals surface area (Å²) in [4.78, 5) is 12.7. The summed E-state index contributed by atoms with van der Waals surface area (Å²) in [6.45, 7) is 4.66. The molecule has 8 nitrogen and oxygen atoms in total. The Morgan fingerprint density at radius 3 is 2.39 bits per heavy atom. The lowest BCUT2D eigenvalue weighted by Crippen LogP contribution is -2.15. The Morgan fingerprint density at radius 1 is 0.944 bits per heavy atom. The van der Waals surface area contributed by atoms with Crippen molar-refractivity contribution in [1.29, 1.82) is 0 Å². The number of nitrogens with one attached hydrogen (secondary N) is 1. The average Bonchev–Trinajstić information content (AvgIpc) is 3.31. The van der Waals surface area contributed by atoms with Crippen LogP contribution in [0.15, 0.2) is 78.0 Å². The van der Waals surface area contributed by atoms with E-state index in [0.29, 0.717) is 29.0 Å². The molecule has 0 bridgehead atoms. The van der Waals surface area contributed by atoms with E-state index in [1.54, 1.807) is 7.11 Å². The highest BCUT2D eigenvalue weighted by molar-refractivity contribution is 7.99. The van der Waals surface area contributed by atoms with E-state index in [2.05, 4.69) is 15.5 Å².